The van der Waals surface area contributed by atoms with Crippen LogP contribution in [0.1, 0.15) is 19.0 Å². The summed E-state index contributed by atoms with van der Waals surface area (Å²) in [6, 6.07) is 5.53. The zero-order valence-electron chi connectivity index (χ0n) is 10.1. The molecule has 0 saturated carbocycles. The van der Waals surface area contributed by atoms with Crippen LogP contribution in [0.15, 0.2) is 18.3 Å². The van der Waals surface area contributed by atoms with E-state index in [4.69, 9.17) is 5.26 Å². The second-order valence-corrected chi connectivity index (χ2v) is 3.69. The van der Waals surface area contributed by atoms with E-state index in [0.717, 1.165) is 6.42 Å². The van der Waals surface area contributed by atoms with Crippen molar-refractivity contribution in [2.45, 2.75) is 13.3 Å². The first-order chi connectivity index (χ1) is 8.19. The summed E-state index contributed by atoms with van der Waals surface area (Å²) in [6.45, 7) is 2.89. The zero-order valence-corrected chi connectivity index (χ0v) is 10.1. The first-order valence-corrected chi connectivity index (χ1v) is 5.52. The summed E-state index contributed by atoms with van der Waals surface area (Å²) in [7, 11) is 1.77. The summed E-state index contributed by atoms with van der Waals surface area (Å²) in [5.41, 5.74) is 1.000. The largest absolute Gasteiger partial charge is 0.363 e. The first-order valence-electron chi connectivity index (χ1n) is 5.52. The summed E-state index contributed by atoms with van der Waals surface area (Å²) < 4.78 is 0. The van der Waals surface area contributed by atoms with Crippen molar-refractivity contribution in [3.63, 3.8) is 0 Å². The number of pyridine rings is 1. The lowest BCUT2D eigenvalue weighted by molar-refractivity contribution is -0.119. The first kappa shape index (κ1) is 13.0. The molecular formula is C12H16N4O. The molecule has 1 N–H and O–H groups in total. The number of nitrogens with zero attached hydrogens (tertiary/aromatic N) is 3. The Labute approximate surface area is 101 Å². The van der Waals surface area contributed by atoms with Crippen LogP contribution in [-0.2, 0) is 4.79 Å². The normalized spacial score (nSPS) is 9.47. The van der Waals surface area contributed by atoms with Crippen molar-refractivity contribution in [2.75, 3.05) is 25.0 Å². The predicted molar refractivity (Wildman–Crippen MR) is 65.5 cm³/mol. The monoisotopic (exact) mass is 232 g/mol. The molecule has 0 aliphatic carbocycles. The molecule has 17 heavy (non-hydrogen) atoms. The third-order valence-electron chi connectivity index (χ3n) is 2.26. The van der Waals surface area contributed by atoms with Crippen molar-refractivity contribution in [3.8, 4) is 6.07 Å². The Morgan fingerprint density at radius 1 is 1.65 bits per heavy atom. The van der Waals surface area contributed by atoms with Crippen molar-refractivity contribution in [2.24, 2.45) is 0 Å². The molecule has 0 radical (unpaired) electrons. The van der Waals surface area contributed by atoms with Crippen LogP contribution < -0.4 is 10.2 Å². The fraction of sp³-hybridized carbons (Fsp3) is 0.417. The van der Waals surface area contributed by atoms with Crippen molar-refractivity contribution >= 4 is 11.6 Å². The van der Waals surface area contributed by atoms with Gasteiger partial charge in [-0.2, -0.15) is 5.26 Å². The summed E-state index contributed by atoms with van der Waals surface area (Å²) in [4.78, 5) is 17.2. The maximum absolute atomic E-state index is 11.5. The van der Waals surface area contributed by atoms with Crippen molar-refractivity contribution in [1.29, 1.82) is 5.26 Å². The van der Waals surface area contributed by atoms with Crippen LogP contribution >= 0.6 is 0 Å². The summed E-state index contributed by atoms with van der Waals surface area (Å²) in [5, 5.41) is 11.7. The Balaban J connectivity index is 2.67. The molecular weight excluding hydrogens is 216 g/mol. The molecule has 0 bridgehead atoms. The van der Waals surface area contributed by atoms with Gasteiger partial charge in [0.15, 0.2) is 5.69 Å². The molecule has 1 aromatic heterocycles. The van der Waals surface area contributed by atoms with Crippen LogP contribution in [0, 0.1) is 11.3 Å². The van der Waals surface area contributed by atoms with Crippen molar-refractivity contribution < 1.29 is 4.79 Å². The summed E-state index contributed by atoms with van der Waals surface area (Å²) in [6.07, 6.45) is 2.47. The van der Waals surface area contributed by atoms with E-state index in [1.807, 2.05) is 13.0 Å². The molecule has 1 rings (SSSR count). The number of anilines is 1. The second-order valence-electron chi connectivity index (χ2n) is 3.69. The molecule has 0 aliphatic heterocycles. The van der Waals surface area contributed by atoms with Gasteiger partial charge in [-0.25, -0.2) is 4.98 Å². The van der Waals surface area contributed by atoms with E-state index in [1.54, 1.807) is 30.3 Å². The number of carbonyl (C=O) groups excluding carboxylic acids is 1. The Kier molecular flexibility index (Phi) is 4.95. The number of carbonyl (C=O) groups is 1. The number of aromatic nitrogens is 1. The Bertz CT molecular complexity index is 425. The van der Waals surface area contributed by atoms with Gasteiger partial charge >= 0.3 is 0 Å². The Hall–Kier alpha value is -2.09. The molecule has 5 heteroatoms. The minimum absolute atomic E-state index is 0.0536. The van der Waals surface area contributed by atoms with Gasteiger partial charge in [0.2, 0.25) is 5.91 Å². The van der Waals surface area contributed by atoms with Crippen LogP contribution in [0.5, 0.6) is 0 Å². The van der Waals surface area contributed by atoms with Crippen LogP contribution in [0.25, 0.3) is 0 Å². The van der Waals surface area contributed by atoms with E-state index in [-0.39, 0.29) is 12.5 Å². The van der Waals surface area contributed by atoms with Gasteiger partial charge in [0.1, 0.15) is 6.07 Å². The molecule has 0 saturated heterocycles. The Morgan fingerprint density at radius 2 is 2.41 bits per heavy atom. The van der Waals surface area contributed by atoms with Gasteiger partial charge in [-0.05, 0) is 18.6 Å². The van der Waals surface area contributed by atoms with Crippen LogP contribution in [-0.4, -0.2) is 31.0 Å². The molecule has 1 heterocycles. The van der Waals surface area contributed by atoms with Crippen LogP contribution in [0.4, 0.5) is 5.69 Å². The number of likely N-dealkylation sites (N-methyl/N-ethyl adjacent to an activating group) is 1. The lowest BCUT2D eigenvalue weighted by Gasteiger charge is -2.19. The fourth-order valence-corrected chi connectivity index (χ4v) is 1.41. The van der Waals surface area contributed by atoms with E-state index in [2.05, 4.69) is 10.3 Å². The number of amides is 1. The molecule has 0 aromatic carbocycles. The van der Waals surface area contributed by atoms with Crippen LogP contribution in [0.3, 0.4) is 0 Å². The topological polar surface area (TPSA) is 69.0 Å². The predicted octanol–water partition coefficient (Wildman–Crippen LogP) is 0.916. The highest BCUT2D eigenvalue weighted by Crippen LogP contribution is 2.14. The van der Waals surface area contributed by atoms with Gasteiger partial charge in [-0.1, -0.05) is 6.92 Å². The molecule has 1 aromatic rings. The van der Waals surface area contributed by atoms with E-state index in [9.17, 15) is 4.79 Å². The zero-order chi connectivity index (χ0) is 12.7. The van der Waals surface area contributed by atoms with Gasteiger partial charge in [0.25, 0.3) is 0 Å². The van der Waals surface area contributed by atoms with E-state index in [1.165, 1.54) is 0 Å². The highest BCUT2D eigenvalue weighted by atomic mass is 16.2. The number of hydrogen-bond donors (Lipinski definition) is 1. The standard InChI is InChI=1S/C12H16N4O/c1-3-6-15-12(17)9-16(2)11-5-4-7-14-10(11)8-13/h4-5,7H,3,6,9H2,1-2H3,(H,15,17). The molecule has 0 unspecified atom stereocenters. The van der Waals surface area contributed by atoms with E-state index < -0.39 is 0 Å². The maximum atomic E-state index is 11.5. The molecule has 0 spiro atoms. The number of rotatable bonds is 5. The lowest BCUT2D eigenvalue weighted by Crippen LogP contribution is -2.35. The average molecular weight is 232 g/mol. The highest BCUT2D eigenvalue weighted by Gasteiger charge is 2.10. The SMILES string of the molecule is CCCNC(=O)CN(C)c1cccnc1C#N. The molecule has 5 nitrogen and oxygen atoms in total. The maximum Gasteiger partial charge on any atom is 0.239 e. The van der Waals surface area contributed by atoms with Crippen molar-refractivity contribution in [3.05, 3.63) is 24.0 Å². The smallest absolute Gasteiger partial charge is 0.239 e. The number of nitriles is 1. The van der Waals surface area contributed by atoms with Gasteiger partial charge in [0.05, 0.1) is 12.2 Å². The Morgan fingerprint density at radius 3 is 3.06 bits per heavy atom. The van der Waals surface area contributed by atoms with Gasteiger partial charge in [-0.3, -0.25) is 4.79 Å². The molecule has 1 amide bonds. The van der Waals surface area contributed by atoms with E-state index >= 15 is 0 Å². The summed E-state index contributed by atoms with van der Waals surface area (Å²) in [5.74, 6) is -0.0536. The molecule has 0 fully saturated rings. The van der Waals surface area contributed by atoms with Gasteiger partial charge in [0, 0.05) is 19.8 Å². The third kappa shape index (κ3) is 3.76. The van der Waals surface area contributed by atoms with Gasteiger partial charge < -0.3 is 10.2 Å². The van der Waals surface area contributed by atoms with E-state index in [0.29, 0.717) is 17.9 Å². The summed E-state index contributed by atoms with van der Waals surface area (Å²) >= 11 is 0. The minimum atomic E-state index is -0.0536. The minimum Gasteiger partial charge on any atom is -0.363 e. The number of nitrogens with one attached hydrogen (secondary N) is 1. The fourth-order valence-electron chi connectivity index (χ4n) is 1.41. The van der Waals surface area contributed by atoms with Gasteiger partial charge in [-0.15, -0.1) is 0 Å². The number of hydrogen-bond acceptors (Lipinski definition) is 4. The van der Waals surface area contributed by atoms with Crippen LogP contribution in [0.2, 0.25) is 0 Å². The quantitative estimate of drug-likeness (QED) is 0.819. The molecule has 0 aliphatic rings. The lowest BCUT2D eigenvalue weighted by atomic mass is 10.3. The molecule has 0 atom stereocenters. The second kappa shape index (κ2) is 6.48. The van der Waals surface area contributed by atoms with Crippen molar-refractivity contribution in [1.82, 2.24) is 10.3 Å². The average Bonchev–Trinajstić information content (AvgIpc) is 2.36. The third-order valence-corrected chi connectivity index (χ3v) is 2.26. The highest BCUT2D eigenvalue weighted by molar-refractivity contribution is 5.81. The molecule has 90 valence electrons.